The molecule has 0 saturated carbocycles. The summed E-state index contributed by atoms with van der Waals surface area (Å²) < 4.78 is 6.07. The second-order valence-corrected chi connectivity index (χ2v) is 8.80. The van der Waals surface area contributed by atoms with E-state index in [1.165, 1.54) is 0 Å². The molecule has 152 valence electrons. The molecule has 3 nitrogen and oxygen atoms in total. The monoisotopic (exact) mass is 511 g/mol. The topological polar surface area (TPSA) is 26.3 Å². The second-order valence-electron chi connectivity index (χ2n) is 7.32. The molecule has 2 aromatic carbocycles. The first-order chi connectivity index (χ1) is 13.0. The fourth-order valence-corrected chi connectivity index (χ4v) is 5.12. The molecule has 0 spiro atoms. The summed E-state index contributed by atoms with van der Waals surface area (Å²) in [5.41, 5.74) is 4.42. The Balaban J connectivity index is 0.00000280. The van der Waals surface area contributed by atoms with E-state index in [2.05, 4.69) is 52.1 Å². The maximum atomic E-state index is 13.5. The van der Waals surface area contributed by atoms with Crippen LogP contribution in [0.15, 0.2) is 48.5 Å². The molecule has 1 aliphatic rings. The molecule has 0 aliphatic heterocycles. The molecule has 0 N–H and O–H groups in total. The van der Waals surface area contributed by atoms with Gasteiger partial charge in [-0.1, -0.05) is 55.5 Å². The van der Waals surface area contributed by atoms with Gasteiger partial charge in [0.15, 0.2) is 4.75 Å². The smallest absolute Gasteiger partial charge is 0.331 e. The third-order valence-electron chi connectivity index (χ3n) is 5.94. The standard InChI is InChI=1S/C23H30NO2S.HI/c1-5-24(4,6-2)16-17-26-22(25)23(27-7-3)20-14-10-8-12-18(20)19-13-9-11-15-21(19)23;/h8-15H,5-7,16-17H2,1-4H3;1H/q+1;/p-1. The fraction of sp³-hybridized carbons (Fsp3) is 0.435. The van der Waals surface area contributed by atoms with Gasteiger partial charge in [0.1, 0.15) is 13.2 Å². The Labute approximate surface area is 190 Å². The zero-order chi connectivity index (χ0) is 19.5. The van der Waals surface area contributed by atoms with E-state index in [9.17, 15) is 4.79 Å². The van der Waals surface area contributed by atoms with Crippen LogP contribution in [0.3, 0.4) is 0 Å². The van der Waals surface area contributed by atoms with E-state index < -0.39 is 4.75 Å². The minimum atomic E-state index is -0.760. The summed E-state index contributed by atoms with van der Waals surface area (Å²) >= 11 is 1.67. The number of benzene rings is 2. The van der Waals surface area contributed by atoms with Gasteiger partial charge in [-0.3, -0.25) is 0 Å². The number of carbonyl (C=O) groups excluding carboxylic acids is 1. The van der Waals surface area contributed by atoms with Crippen molar-refractivity contribution in [3.8, 4) is 11.1 Å². The highest BCUT2D eigenvalue weighted by atomic mass is 127. The van der Waals surface area contributed by atoms with E-state index in [0.29, 0.717) is 6.61 Å². The van der Waals surface area contributed by atoms with Crippen LogP contribution in [0.4, 0.5) is 0 Å². The van der Waals surface area contributed by atoms with Gasteiger partial charge in [-0.2, -0.15) is 0 Å². The van der Waals surface area contributed by atoms with Crippen LogP contribution in [0.5, 0.6) is 0 Å². The molecule has 0 amide bonds. The van der Waals surface area contributed by atoms with Crippen LogP contribution in [0.25, 0.3) is 11.1 Å². The average Bonchev–Trinajstić information content (AvgIpc) is 2.99. The Kier molecular flexibility index (Phi) is 7.99. The van der Waals surface area contributed by atoms with Crippen molar-refractivity contribution in [3.05, 3.63) is 59.7 Å². The van der Waals surface area contributed by atoms with Crippen LogP contribution in [0.1, 0.15) is 31.9 Å². The number of halogens is 1. The highest BCUT2D eigenvalue weighted by molar-refractivity contribution is 8.01. The van der Waals surface area contributed by atoms with Crippen molar-refractivity contribution in [2.75, 3.05) is 39.0 Å². The predicted molar refractivity (Wildman–Crippen MR) is 114 cm³/mol. The molecule has 5 heteroatoms. The van der Waals surface area contributed by atoms with Crippen molar-refractivity contribution >= 4 is 17.7 Å². The Bertz CT molecular complexity index is 774. The van der Waals surface area contributed by atoms with E-state index in [0.717, 1.165) is 52.1 Å². The Morgan fingerprint density at radius 2 is 1.46 bits per heavy atom. The normalized spacial score (nSPS) is 14.0. The summed E-state index contributed by atoms with van der Waals surface area (Å²) in [6.45, 7) is 9.84. The largest absolute Gasteiger partial charge is 1.00 e. The minimum Gasteiger partial charge on any atom is -1.00 e. The first-order valence-electron chi connectivity index (χ1n) is 9.86. The van der Waals surface area contributed by atoms with E-state index in [-0.39, 0.29) is 29.9 Å². The molecular formula is C23H30INO2S. The second kappa shape index (κ2) is 9.63. The SMILES string of the molecule is CCSC1(C(=O)OCC[N+](C)(CC)CC)c2ccccc2-c2ccccc21.[I-]. The number of hydrogen-bond acceptors (Lipinski definition) is 3. The fourth-order valence-electron chi connectivity index (χ4n) is 3.85. The maximum Gasteiger partial charge on any atom is 0.331 e. The average molecular weight is 511 g/mol. The van der Waals surface area contributed by atoms with Crippen molar-refractivity contribution in [2.24, 2.45) is 0 Å². The number of nitrogens with zero attached hydrogens (tertiary/aromatic N) is 1. The highest BCUT2D eigenvalue weighted by Crippen LogP contribution is 2.55. The van der Waals surface area contributed by atoms with Crippen LogP contribution in [-0.4, -0.2) is 49.5 Å². The molecule has 3 rings (SSSR count). The van der Waals surface area contributed by atoms with Gasteiger partial charge in [-0.15, -0.1) is 11.8 Å². The van der Waals surface area contributed by atoms with E-state index in [1.807, 2.05) is 24.3 Å². The van der Waals surface area contributed by atoms with Crippen molar-refractivity contribution in [3.63, 3.8) is 0 Å². The van der Waals surface area contributed by atoms with Gasteiger partial charge in [-0.05, 0) is 41.9 Å². The Hall–Kier alpha value is -1.05. The number of fused-ring (bicyclic) bond motifs is 3. The Morgan fingerprint density at radius 1 is 0.964 bits per heavy atom. The number of esters is 1. The number of hydrogen-bond donors (Lipinski definition) is 0. The number of rotatable bonds is 8. The summed E-state index contributed by atoms with van der Waals surface area (Å²) in [5, 5.41) is 0. The highest BCUT2D eigenvalue weighted by Gasteiger charge is 2.50. The molecule has 0 bridgehead atoms. The van der Waals surface area contributed by atoms with Crippen LogP contribution < -0.4 is 24.0 Å². The molecule has 1 aliphatic carbocycles. The van der Waals surface area contributed by atoms with Gasteiger partial charge in [-0.25, -0.2) is 4.79 Å². The Morgan fingerprint density at radius 3 is 1.93 bits per heavy atom. The molecule has 2 aromatic rings. The molecule has 0 radical (unpaired) electrons. The van der Waals surface area contributed by atoms with Gasteiger partial charge in [0.05, 0.1) is 20.1 Å². The van der Waals surface area contributed by atoms with Crippen LogP contribution in [-0.2, 0) is 14.3 Å². The first-order valence-corrected chi connectivity index (χ1v) is 10.8. The maximum absolute atomic E-state index is 13.5. The number of likely N-dealkylation sites (N-methyl/N-ethyl adjacent to an activating group) is 1. The van der Waals surface area contributed by atoms with Gasteiger partial charge >= 0.3 is 5.97 Å². The molecule has 0 aromatic heterocycles. The third kappa shape index (κ3) is 3.98. The number of thioether (sulfide) groups is 1. The zero-order valence-corrected chi connectivity index (χ0v) is 20.2. The van der Waals surface area contributed by atoms with Crippen molar-refractivity contribution in [2.45, 2.75) is 25.5 Å². The summed E-state index contributed by atoms with van der Waals surface area (Å²) in [6.07, 6.45) is 0. The summed E-state index contributed by atoms with van der Waals surface area (Å²) in [7, 11) is 2.21. The van der Waals surface area contributed by atoms with Crippen LogP contribution in [0.2, 0.25) is 0 Å². The number of quaternary nitrogens is 1. The van der Waals surface area contributed by atoms with Gasteiger partial charge < -0.3 is 33.2 Å². The molecule has 28 heavy (non-hydrogen) atoms. The molecule has 0 saturated heterocycles. The van der Waals surface area contributed by atoms with Gasteiger partial charge in [0.2, 0.25) is 0 Å². The van der Waals surface area contributed by atoms with Crippen molar-refractivity contribution < 1.29 is 38.0 Å². The lowest BCUT2D eigenvalue weighted by Crippen LogP contribution is -3.00. The molecule has 0 atom stereocenters. The molecule has 0 unspecified atom stereocenters. The third-order valence-corrected chi connectivity index (χ3v) is 7.27. The summed E-state index contributed by atoms with van der Waals surface area (Å²) in [5.74, 6) is 0.709. The van der Waals surface area contributed by atoms with Crippen LogP contribution >= 0.6 is 11.8 Å². The molecular weight excluding hydrogens is 481 g/mol. The number of ether oxygens (including phenoxy) is 1. The van der Waals surface area contributed by atoms with E-state index >= 15 is 0 Å². The molecule has 0 heterocycles. The zero-order valence-electron chi connectivity index (χ0n) is 17.2. The minimum absolute atomic E-state index is 0. The molecule has 0 fully saturated rings. The summed E-state index contributed by atoms with van der Waals surface area (Å²) in [6, 6.07) is 16.5. The lowest BCUT2D eigenvalue weighted by Gasteiger charge is -2.33. The van der Waals surface area contributed by atoms with Crippen molar-refractivity contribution in [1.29, 1.82) is 0 Å². The number of carbonyl (C=O) groups is 1. The first kappa shape index (κ1) is 23.2. The predicted octanol–water partition coefficient (Wildman–Crippen LogP) is 1.70. The summed E-state index contributed by atoms with van der Waals surface area (Å²) in [4.78, 5) is 13.5. The van der Waals surface area contributed by atoms with E-state index in [1.54, 1.807) is 11.8 Å². The van der Waals surface area contributed by atoms with Gasteiger partial charge in [0.25, 0.3) is 0 Å². The van der Waals surface area contributed by atoms with Crippen LogP contribution in [0, 0.1) is 0 Å². The lowest BCUT2D eigenvalue weighted by molar-refractivity contribution is -0.906. The van der Waals surface area contributed by atoms with E-state index in [4.69, 9.17) is 4.74 Å². The van der Waals surface area contributed by atoms with Crippen molar-refractivity contribution in [1.82, 2.24) is 0 Å². The van der Waals surface area contributed by atoms with Gasteiger partial charge in [0, 0.05) is 0 Å². The quantitative estimate of drug-likeness (QED) is 0.307. The lowest BCUT2D eigenvalue weighted by atomic mass is 9.96.